The minimum absolute atomic E-state index is 0.00377. The van der Waals surface area contributed by atoms with E-state index in [-0.39, 0.29) is 23.8 Å². The van der Waals surface area contributed by atoms with Crippen molar-refractivity contribution < 1.29 is 20.1 Å². The average Bonchev–Trinajstić information content (AvgIpc) is 2.53. The molecular weight excluding hydrogens is 280 g/mol. The lowest BCUT2D eigenvalue weighted by Crippen LogP contribution is -2.06. The maximum absolute atomic E-state index is 11.1. The molecule has 0 saturated carbocycles. The molecule has 3 N–H and O–H groups in total. The van der Waals surface area contributed by atoms with Crippen LogP contribution in [0.4, 0.5) is 0 Å². The van der Waals surface area contributed by atoms with Crippen LogP contribution >= 0.6 is 0 Å². The molecule has 0 spiro atoms. The van der Waals surface area contributed by atoms with E-state index < -0.39 is 5.97 Å². The second-order valence-electron chi connectivity index (χ2n) is 5.31. The fourth-order valence-corrected chi connectivity index (χ4v) is 2.61. The summed E-state index contributed by atoms with van der Waals surface area (Å²) in [6.45, 7) is -0.00377. The number of benzene rings is 2. The van der Waals surface area contributed by atoms with Gasteiger partial charge >= 0.3 is 5.97 Å². The van der Waals surface area contributed by atoms with Crippen LogP contribution in [0.3, 0.4) is 0 Å². The van der Waals surface area contributed by atoms with Gasteiger partial charge in [-0.25, -0.2) is 4.79 Å². The summed E-state index contributed by atoms with van der Waals surface area (Å²) in [6, 6.07) is 14.3. The summed E-state index contributed by atoms with van der Waals surface area (Å²) >= 11 is 0. The number of rotatable bonds is 7. The lowest BCUT2D eigenvalue weighted by molar-refractivity contribution is 0.0696. The van der Waals surface area contributed by atoms with Crippen molar-refractivity contribution in [2.45, 2.75) is 25.2 Å². The molecule has 0 aliphatic carbocycles. The van der Waals surface area contributed by atoms with Gasteiger partial charge in [0.25, 0.3) is 0 Å². The van der Waals surface area contributed by atoms with E-state index in [1.54, 1.807) is 0 Å². The number of aliphatic hydroxyl groups is 1. The van der Waals surface area contributed by atoms with E-state index in [1.807, 2.05) is 30.3 Å². The van der Waals surface area contributed by atoms with Crippen LogP contribution < -0.4 is 0 Å². The van der Waals surface area contributed by atoms with E-state index in [0.717, 1.165) is 12.8 Å². The molecule has 22 heavy (non-hydrogen) atoms. The number of carboxylic acids is 1. The van der Waals surface area contributed by atoms with E-state index in [9.17, 15) is 15.0 Å². The fraction of sp³-hybridized carbons (Fsp3) is 0.278. The van der Waals surface area contributed by atoms with Crippen molar-refractivity contribution in [3.63, 3.8) is 0 Å². The van der Waals surface area contributed by atoms with Gasteiger partial charge in [0.1, 0.15) is 5.75 Å². The Morgan fingerprint density at radius 2 is 1.77 bits per heavy atom. The van der Waals surface area contributed by atoms with Crippen LogP contribution in [-0.2, 0) is 6.42 Å². The molecule has 0 saturated heterocycles. The summed E-state index contributed by atoms with van der Waals surface area (Å²) in [7, 11) is 0. The summed E-state index contributed by atoms with van der Waals surface area (Å²) in [4.78, 5) is 11.1. The third-order valence-electron chi connectivity index (χ3n) is 3.82. The summed E-state index contributed by atoms with van der Waals surface area (Å²) < 4.78 is 0. The fourth-order valence-electron chi connectivity index (χ4n) is 2.61. The first kappa shape index (κ1) is 16.0. The third kappa shape index (κ3) is 4.09. The van der Waals surface area contributed by atoms with E-state index >= 15 is 0 Å². The molecule has 0 aliphatic rings. The molecule has 1 atom stereocenters. The number of phenolic OH excluding ortho intramolecular Hbond substituents is 1. The molecule has 1 unspecified atom stereocenters. The number of carboxylic acid groups (broad SMARTS) is 1. The van der Waals surface area contributed by atoms with E-state index in [0.29, 0.717) is 12.0 Å². The molecule has 0 aliphatic heterocycles. The normalized spacial score (nSPS) is 12.0. The standard InChI is InChI=1S/C18H20O4/c19-11-10-14(7-6-13-4-2-1-3-5-13)16-12-15(18(21)22)8-9-17(16)20/h1-5,8-9,12,14,19-20H,6-7,10-11H2,(H,21,22). The quantitative estimate of drug-likeness (QED) is 0.734. The molecule has 0 radical (unpaired) electrons. The van der Waals surface area contributed by atoms with Gasteiger partial charge in [-0.3, -0.25) is 0 Å². The van der Waals surface area contributed by atoms with E-state index in [2.05, 4.69) is 0 Å². The lowest BCUT2D eigenvalue weighted by Gasteiger charge is -2.18. The summed E-state index contributed by atoms with van der Waals surface area (Å²) in [5.74, 6) is -1.02. The molecule has 0 heterocycles. The first-order chi connectivity index (χ1) is 10.6. The van der Waals surface area contributed by atoms with Crippen molar-refractivity contribution >= 4 is 5.97 Å². The van der Waals surface area contributed by atoms with Gasteiger partial charge in [-0.2, -0.15) is 0 Å². The predicted molar refractivity (Wildman–Crippen MR) is 84.3 cm³/mol. The Labute approximate surface area is 129 Å². The van der Waals surface area contributed by atoms with Gasteiger partial charge in [-0.15, -0.1) is 0 Å². The minimum atomic E-state index is -1.02. The van der Waals surface area contributed by atoms with Crippen LogP contribution in [0.15, 0.2) is 48.5 Å². The van der Waals surface area contributed by atoms with Crippen LogP contribution in [0.1, 0.15) is 40.2 Å². The number of phenols is 1. The van der Waals surface area contributed by atoms with Gasteiger partial charge in [-0.05, 0) is 54.5 Å². The second-order valence-corrected chi connectivity index (χ2v) is 5.31. The highest BCUT2D eigenvalue weighted by Gasteiger charge is 2.17. The number of aliphatic hydroxyl groups excluding tert-OH is 1. The summed E-state index contributed by atoms with van der Waals surface area (Å²) in [5.41, 5.74) is 1.92. The molecular formula is C18H20O4. The molecule has 0 bridgehead atoms. The maximum atomic E-state index is 11.1. The number of aromatic hydroxyl groups is 1. The molecule has 2 aromatic rings. The Balaban J connectivity index is 2.20. The average molecular weight is 300 g/mol. The van der Waals surface area contributed by atoms with Crippen molar-refractivity contribution in [2.24, 2.45) is 0 Å². The van der Waals surface area contributed by atoms with Crippen LogP contribution in [0, 0.1) is 0 Å². The summed E-state index contributed by atoms with van der Waals surface area (Å²) in [6.07, 6.45) is 2.03. The van der Waals surface area contributed by atoms with Crippen molar-refractivity contribution in [1.82, 2.24) is 0 Å². The van der Waals surface area contributed by atoms with Crippen LogP contribution in [0.2, 0.25) is 0 Å². The van der Waals surface area contributed by atoms with Crippen LogP contribution in [0.25, 0.3) is 0 Å². The maximum Gasteiger partial charge on any atom is 0.335 e. The number of aromatic carboxylic acids is 1. The molecule has 4 heteroatoms. The Morgan fingerprint density at radius 3 is 2.41 bits per heavy atom. The Morgan fingerprint density at radius 1 is 1.05 bits per heavy atom. The number of aryl methyl sites for hydroxylation is 1. The van der Waals surface area contributed by atoms with Gasteiger partial charge in [0.2, 0.25) is 0 Å². The molecule has 0 amide bonds. The predicted octanol–water partition coefficient (Wildman–Crippen LogP) is 3.19. The molecule has 4 nitrogen and oxygen atoms in total. The third-order valence-corrected chi connectivity index (χ3v) is 3.82. The second kappa shape index (κ2) is 7.61. The summed E-state index contributed by atoms with van der Waals surface area (Å²) in [5, 5.41) is 28.4. The van der Waals surface area contributed by atoms with Crippen molar-refractivity contribution in [2.75, 3.05) is 6.61 Å². The SMILES string of the molecule is O=C(O)c1ccc(O)c(C(CCO)CCc2ccccc2)c1. The van der Waals surface area contributed by atoms with Gasteiger partial charge in [0.05, 0.1) is 5.56 Å². The molecule has 0 fully saturated rings. The van der Waals surface area contributed by atoms with Gasteiger partial charge < -0.3 is 15.3 Å². The lowest BCUT2D eigenvalue weighted by atomic mass is 9.88. The van der Waals surface area contributed by atoms with Gasteiger partial charge in [-0.1, -0.05) is 30.3 Å². The molecule has 0 aromatic heterocycles. The molecule has 2 rings (SSSR count). The number of carbonyl (C=O) groups is 1. The monoisotopic (exact) mass is 300 g/mol. The highest BCUT2D eigenvalue weighted by atomic mass is 16.4. The zero-order valence-corrected chi connectivity index (χ0v) is 12.3. The first-order valence-electron chi connectivity index (χ1n) is 7.33. The van der Waals surface area contributed by atoms with Crippen LogP contribution in [-0.4, -0.2) is 27.9 Å². The van der Waals surface area contributed by atoms with E-state index in [1.165, 1.54) is 23.8 Å². The zero-order valence-electron chi connectivity index (χ0n) is 12.3. The highest BCUT2D eigenvalue weighted by Crippen LogP contribution is 2.32. The largest absolute Gasteiger partial charge is 0.508 e. The van der Waals surface area contributed by atoms with Crippen molar-refractivity contribution in [1.29, 1.82) is 0 Å². The Bertz CT molecular complexity index is 622. The number of hydrogen-bond acceptors (Lipinski definition) is 3. The molecule has 116 valence electrons. The van der Waals surface area contributed by atoms with Crippen LogP contribution in [0.5, 0.6) is 5.75 Å². The zero-order chi connectivity index (χ0) is 15.9. The molecule has 2 aromatic carbocycles. The minimum Gasteiger partial charge on any atom is -0.508 e. The Hall–Kier alpha value is -2.33. The van der Waals surface area contributed by atoms with Crippen molar-refractivity contribution in [3.05, 3.63) is 65.2 Å². The van der Waals surface area contributed by atoms with Gasteiger partial charge in [0.15, 0.2) is 0 Å². The van der Waals surface area contributed by atoms with E-state index in [4.69, 9.17) is 5.11 Å². The topological polar surface area (TPSA) is 77.8 Å². The van der Waals surface area contributed by atoms with Crippen molar-refractivity contribution in [3.8, 4) is 5.75 Å². The highest BCUT2D eigenvalue weighted by molar-refractivity contribution is 5.88. The Kier molecular flexibility index (Phi) is 5.55. The smallest absolute Gasteiger partial charge is 0.335 e. The number of hydrogen-bond donors (Lipinski definition) is 3. The van der Waals surface area contributed by atoms with Gasteiger partial charge in [0, 0.05) is 6.61 Å². The first-order valence-corrected chi connectivity index (χ1v) is 7.33.